The molecular weight excluding hydrogens is 242 g/mol. The van der Waals surface area contributed by atoms with Crippen molar-refractivity contribution in [1.29, 1.82) is 0 Å². The van der Waals surface area contributed by atoms with Crippen molar-refractivity contribution in [1.82, 2.24) is 14.9 Å². The summed E-state index contributed by atoms with van der Waals surface area (Å²) in [5, 5.41) is 3.25. The van der Waals surface area contributed by atoms with E-state index in [0.717, 1.165) is 30.2 Å². The van der Waals surface area contributed by atoms with Gasteiger partial charge in [0.05, 0.1) is 5.69 Å². The number of imidazole rings is 1. The third-order valence-corrected chi connectivity index (χ3v) is 3.57. The largest absolute Gasteiger partial charge is 0.322 e. The van der Waals surface area contributed by atoms with Gasteiger partial charge in [-0.3, -0.25) is 0 Å². The lowest BCUT2D eigenvalue weighted by Crippen LogP contribution is -2.27. The van der Waals surface area contributed by atoms with Crippen molar-refractivity contribution in [2.45, 2.75) is 26.3 Å². The monoisotopic (exact) mass is 257 g/mol. The van der Waals surface area contributed by atoms with Crippen LogP contribution >= 0.6 is 15.9 Å². The number of aromatic nitrogens is 2. The summed E-state index contributed by atoms with van der Waals surface area (Å²) in [6.07, 6.45) is 2.41. The first kappa shape index (κ1) is 10.2. The molecule has 1 aromatic heterocycles. The van der Waals surface area contributed by atoms with Crippen LogP contribution in [0.5, 0.6) is 0 Å². The van der Waals surface area contributed by atoms with Gasteiger partial charge in [0.25, 0.3) is 0 Å². The van der Waals surface area contributed by atoms with Gasteiger partial charge >= 0.3 is 0 Å². The molecule has 2 heterocycles. The van der Waals surface area contributed by atoms with Crippen LogP contribution in [-0.4, -0.2) is 23.1 Å². The fourth-order valence-electron chi connectivity index (χ4n) is 2.21. The minimum Gasteiger partial charge on any atom is -0.322 e. The van der Waals surface area contributed by atoms with E-state index in [2.05, 4.69) is 37.7 Å². The maximum Gasteiger partial charge on any atom is 0.177 e. The first-order valence-electron chi connectivity index (χ1n) is 5.08. The average Bonchev–Trinajstić information content (AvgIpc) is 2.43. The lowest BCUT2D eigenvalue weighted by molar-refractivity contribution is 0.374. The van der Waals surface area contributed by atoms with Gasteiger partial charge in [0.15, 0.2) is 4.73 Å². The SMILES string of the molecule is CNCC1CCn2c(Br)nc(C)c2C1. The molecule has 2 rings (SSSR count). The van der Waals surface area contributed by atoms with Crippen LogP contribution < -0.4 is 5.32 Å². The molecule has 1 aliphatic heterocycles. The van der Waals surface area contributed by atoms with Gasteiger partial charge < -0.3 is 9.88 Å². The van der Waals surface area contributed by atoms with Crippen molar-refractivity contribution >= 4 is 15.9 Å². The molecule has 0 spiro atoms. The molecule has 1 atom stereocenters. The van der Waals surface area contributed by atoms with E-state index in [9.17, 15) is 0 Å². The number of nitrogens with one attached hydrogen (secondary N) is 1. The minimum absolute atomic E-state index is 0.773. The second kappa shape index (κ2) is 4.03. The zero-order chi connectivity index (χ0) is 10.1. The molecule has 1 unspecified atom stereocenters. The summed E-state index contributed by atoms with van der Waals surface area (Å²) in [5.41, 5.74) is 2.58. The molecule has 1 aliphatic rings. The quantitative estimate of drug-likeness (QED) is 0.875. The molecule has 3 nitrogen and oxygen atoms in total. The van der Waals surface area contributed by atoms with Gasteiger partial charge in [-0.15, -0.1) is 0 Å². The molecule has 1 aromatic rings. The topological polar surface area (TPSA) is 29.9 Å². The Morgan fingerprint density at radius 3 is 3.14 bits per heavy atom. The van der Waals surface area contributed by atoms with Crippen molar-refractivity contribution in [3.8, 4) is 0 Å². The number of halogens is 1. The number of rotatable bonds is 2. The highest BCUT2D eigenvalue weighted by molar-refractivity contribution is 9.10. The van der Waals surface area contributed by atoms with Gasteiger partial charge in [-0.25, -0.2) is 4.98 Å². The zero-order valence-electron chi connectivity index (χ0n) is 8.68. The minimum atomic E-state index is 0.773. The second-order valence-corrected chi connectivity index (χ2v) is 4.69. The van der Waals surface area contributed by atoms with Crippen LogP contribution in [0.2, 0.25) is 0 Å². The lowest BCUT2D eigenvalue weighted by Gasteiger charge is -2.24. The van der Waals surface area contributed by atoms with E-state index in [1.54, 1.807) is 0 Å². The van der Waals surface area contributed by atoms with Gasteiger partial charge in [0.2, 0.25) is 0 Å². The van der Waals surface area contributed by atoms with Crippen molar-refractivity contribution in [2.75, 3.05) is 13.6 Å². The molecule has 78 valence electrons. The Hall–Kier alpha value is -0.350. The van der Waals surface area contributed by atoms with E-state index in [1.165, 1.54) is 17.8 Å². The molecule has 0 saturated heterocycles. The molecule has 0 radical (unpaired) electrons. The van der Waals surface area contributed by atoms with Crippen LogP contribution in [0.3, 0.4) is 0 Å². The summed E-state index contributed by atoms with van der Waals surface area (Å²) in [6.45, 7) is 4.31. The van der Waals surface area contributed by atoms with Crippen molar-refractivity contribution in [3.63, 3.8) is 0 Å². The first-order valence-corrected chi connectivity index (χ1v) is 5.87. The summed E-state index contributed by atoms with van der Waals surface area (Å²) in [6, 6.07) is 0. The maximum absolute atomic E-state index is 4.45. The van der Waals surface area contributed by atoms with Gasteiger partial charge in [-0.05, 0) is 55.2 Å². The van der Waals surface area contributed by atoms with Crippen molar-refractivity contribution < 1.29 is 0 Å². The molecule has 0 saturated carbocycles. The van der Waals surface area contributed by atoms with E-state index in [0.29, 0.717) is 0 Å². The van der Waals surface area contributed by atoms with Gasteiger partial charge in [-0.1, -0.05) is 0 Å². The second-order valence-electron chi connectivity index (χ2n) is 3.98. The Bertz CT molecular complexity index is 332. The summed E-state index contributed by atoms with van der Waals surface area (Å²) in [5.74, 6) is 0.773. The molecule has 0 aliphatic carbocycles. The Morgan fingerprint density at radius 2 is 2.43 bits per heavy atom. The van der Waals surface area contributed by atoms with Crippen LogP contribution in [-0.2, 0) is 13.0 Å². The number of hydrogen-bond donors (Lipinski definition) is 1. The number of aryl methyl sites for hydroxylation is 1. The molecule has 0 amide bonds. The fourth-order valence-corrected chi connectivity index (χ4v) is 2.86. The predicted molar refractivity (Wildman–Crippen MR) is 60.4 cm³/mol. The summed E-state index contributed by atoms with van der Waals surface area (Å²) in [7, 11) is 2.02. The summed E-state index contributed by atoms with van der Waals surface area (Å²) in [4.78, 5) is 4.45. The Kier molecular flexibility index (Phi) is 2.93. The van der Waals surface area contributed by atoms with E-state index in [1.807, 2.05) is 7.05 Å². The molecule has 0 aromatic carbocycles. The summed E-state index contributed by atoms with van der Waals surface area (Å²) >= 11 is 3.50. The summed E-state index contributed by atoms with van der Waals surface area (Å²) < 4.78 is 3.29. The molecule has 0 bridgehead atoms. The third kappa shape index (κ3) is 1.73. The maximum atomic E-state index is 4.45. The number of nitrogens with zero attached hydrogens (tertiary/aromatic N) is 2. The fraction of sp³-hybridized carbons (Fsp3) is 0.700. The standard InChI is InChI=1S/C10H16BrN3/c1-7-9-5-8(6-12-2)3-4-14(9)10(11)13-7/h8,12H,3-6H2,1-2H3. The Morgan fingerprint density at radius 1 is 1.64 bits per heavy atom. The van der Waals surface area contributed by atoms with E-state index in [4.69, 9.17) is 0 Å². The van der Waals surface area contributed by atoms with E-state index >= 15 is 0 Å². The van der Waals surface area contributed by atoms with Crippen LogP contribution in [0.15, 0.2) is 4.73 Å². The zero-order valence-corrected chi connectivity index (χ0v) is 10.3. The predicted octanol–water partition coefficient (Wildman–Crippen LogP) is 1.74. The number of fused-ring (bicyclic) bond motifs is 1. The first-order chi connectivity index (χ1) is 6.72. The number of hydrogen-bond acceptors (Lipinski definition) is 2. The molecule has 14 heavy (non-hydrogen) atoms. The van der Waals surface area contributed by atoms with Crippen LogP contribution in [0, 0.1) is 12.8 Å². The lowest BCUT2D eigenvalue weighted by atomic mass is 9.95. The van der Waals surface area contributed by atoms with E-state index < -0.39 is 0 Å². The average molecular weight is 258 g/mol. The highest BCUT2D eigenvalue weighted by Crippen LogP contribution is 2.26. The van der Waals surface area contributed by atoms with Gasteiger partial charge in [-0.2, -0.15) is 0 Å². The van der Waals surface area contributed by atoms with Crippen LogP contribution in [0.4, 0.5) is 0 Å². The molecular formula is C10H16BrN3. The van der Waals surface area contributed by atoms with Crippen molar-refractivity contribution in [2.24, 2.45) is 5.92 Å². The van der Waals surface area contributed by atoms with Crippen molar-refractivity contribution in [3.05, 3.63) is 16.1 Å². The Balaban J connectivity index is 2.21. The highest BCUT2D eigenvalue weighted by Gasteiger charge is 2.22. The highest BCUT2D eigenvalue weighted by atomic mass is 79.9. The third-order valence-electron chi connectivity index (χ3n) is 2.96. The smallest absolute Gasteiger partial charge is 0.177 e. The molecule has 4 heteroatoms. The van der Waals surface area contributed by atoms with Crippen LogP contribution in [0.25, 0.3) is 0 Å². The Labute approximate surface area is 93.0 Å². The molecule has 0 fully saturated rings. The normalized spacial score (nSPS) is 20.9. The molecule has 1 N–H and O–H groups in total. The van der Waals surface area contributed by atoms with Gasteiger partial charge in [0, 0.05) is 12.2 Å². The van der Waals surface area contributed by atoms with Gasteiger partial charge in [0.1, 0.15) is 0 Å². The van der Waals surface area contributed by atoms with E-state index in [-0.39, 0.29) is 0 Å². The van der Waals surface area contributed by atoms with Crippen LogP contribution in [0.1, 0.15) is 17.8 Å².